The second-order valence-corrected chi connectivity index (χ2v) is 4.30. The third kappa shape index (κ3) is 1.86. The molecule has 3 rings (SSSR count). The number of aldehydes is 1. The Bertz CT molecular complexity index is 419. The SMILES string of the molecule is O=CC1=C2N=C(N3CCOCC3)C=CN2CC1. The van der Waals surface area contributed by atoms with Gasteiger partial charge in [-0.1, -0.05) is 0 Å². The van der Waals surface area contributed by atoms with Crippen LogP contribution in [0.25, 0.3) is 0 Å². The van der Waals surface area contributed by atoms with Gasteiger partial charge in [-0.3, -0.25) is 4.79 Å². The van der Waals surface area contributed by atoms with Gasteiger partial charge in [-0.2, -0.15) is 0 Å². The normalized spacial score (nSPS) is 23.9. The molecule has 0 aliphatic carbocycles. The molecule has 0 aromatic carbocycles. The van der Waals surface area contributed by atoms with Crippen molar-refractivity contribution in [2.45, 2.75) is 6.42 Å². The Morgan fingerprint density at radius 3 is 2.88 bits per heavy atom. The highest BCUT2D eigenvalue weighted by molar-refractivity contribution is 5.95. The van der Waals surface area contributed by atoms with Crippen LogP contribution in [-0.4, -0.2) is 54.8 Å². The van der Waals surface area contributed by atoms with Crippen LogP contribution in [0, 0.1) is 0 Å². The molecule has 1 fully saturated rings. The van der Waals surface area contributed by atoms with E-state index in [0.717, 1.165) is 62.8 Å². The Labute approximate surface area is 100 Å². The van der Waals surface area contributed by atoms with Gasteiger partial charge in [0.15, 0.2) is 0 Å². The summed E-state index contributed by atoms with van der Waals surface area (Å²) >= 11 is 0. The lowest BCUT2D eigenvalue weighted by atomic mass is 10.2. The summed E-state index contributed by atoms with van der Waals surface area (Å²) in [5.74, 6) is 1.77. The second kappa shape index (κ2) is 4.33. The van der Waals surface area contributed by atoms with Crippen molar-refractivity contribution in [3.05, 3.63) is 23.7 Å². The van der Waals surface area contributed by atoms with E-state index in [1.807, 2.05) is 17.2 Å². The molecule has 0 radical (unpaired) electrons. The molecule has 5 nitrogen and oxygen atoms in total. The summed E-state index contributed by atoms with van der Waals surface area (Å²) in [6.07, 6.45) is 5.75. The number of carbonyl (C=O) groups excluding carboxylic acids is 1. The summed E-state index contributed by atoms with van der Waals surface area (Å²) in [7, 11) is 0. The fourth-order valence-electron chi connectivity index (χ4n) is 2.31. The molecule has 0 unspecified atom stereocenters. The molecule has 0 atom stereocenters. The van der Waals surface area contributed by atoms with Crippen LogP contribution in [0.1, 0.15) is 6.42 Å². The summed E-state index contributed by atoms with van der Waals surface area (Å²) in [6, 6.07) is 0. The Balaban J connectivity index is 1.86. The second-order valence-electron chi connectivity index (χ2n) is 4.30. The third-order valence-corrected chi connectivity index (χ3v) is 3.28. The number of hydrogen-bond donors (Lipinski definition) is 0. The first kappa shape index (κ1) is 10.5. The molecule has 3 aliphatic heterocycles. The van der Waals surface area contributed by atoms with Crippen molar-refractivity contribution in [2.24, 2.45) is 4.99 Å². The van der Waals surface area contributed by atoms with Crippen molar-refractivity contribution in [1.82, 2.24) is 9.80 Å². The molecule has 90 valence electrons. The number of carbonyl (C=O) groups is 1. The molecule has 1 saturated heterocycles. The van der Waals surface area contributed by atoms with Gasteiger partial charge in [0.1, 0.15) is 17.9 Å². The van der Waals surface area contributed by atoms with Gasteiger partial charge in [0.2, 0.25) is 0 Å². The van der Waals surface area contributed by atoms with E-state index in [9.17, 15) is 4.79 Å². The van der Waals surface area contributed by atoms with Crippen LogP contribution in [0.5, 0.6) is 0 Å². The fraction of sp³-hybridized carbons (Fsp3) is 0.500. The average Bonchev–Trinajstić information content (AvgIpc) is 2.81. The van der Waals surface area contributed by atoms with Crippen molar-refractivity contribution in [1.29, 1.82) is 0 Å². The van der Waals surface area contributed by atoms with Crippen LogP contribution >= 0.6 is 0 Å². The van der Waals surface area contributed by atoms with Gasteiger partial charge < -0.3 is 14.5 Å². The zero-order valence-corrected chi connectivity index (χ0v) is 9.63. The van der Waals surface area contributed by atoms with Gasteiger partial charge in [-0.25, -0.2) is 4.99 Å². The van der Waals surface area contributed by atoms with Gasteiger partial charge in [-0.15, -0.1) is 0 Å². The van der Waals surface area contributed by atoms with Crippen molar-refractivity contribution < 1.29 is 9.53 Å². The summed E-state index contributed by atoms with van der Waals surface area (Å²) < 4.78 is 5.32. The highest BCUT2D eigenvalue weighted by Crippen LogP contribution is 2.26. The lowest BCUT2D eigenvalue weighted by molar-refractivity contribution is -0.105. The van der Waals surface area contributed by atoms with E-state index < -0.39 is 0 Å². The van der Waals surface area contributed by atoms with E-state index >= 15 is 0 Å². The van der Waals surface area contributed by atoms with Crippen LogP contribution < -0.4 is 0 Å². The molecule has 3 heterocycles. The molecule has 3 aliphatic rings. The zero-order valence-electron chi connectivity index (χ0n) is 9.63. The average molecular weight is 233 g/mol. The van der Waals surface area contributed by atoms with E-state index in [1.54, 1.807) is 0 Å². The minimum atomic E-state index is 0.746. The first-order valence-electron chi connectivity index (χ1n) is 5.93. The summed E-state index contributed by atoms with van der Waals surface area (Å²) in [5.41, 5.74) is 0.806. The Hall–Kier alpha value is -1.62. The molecule has 0 N–H and O–H groups in total. The van der Waals surface area contributed by atoms with E-state index in [0.29, 0.717) is 0 Å². The number of aliphatic imine (C=N–C) groups is 1. The highest BCUT2D eigenvalue weighted by Gasteiger charge is 2.25. The van der Waals surface area contributed by atoms with Crippen molar-refractivity contribution >= 4 is 12.1 Å². The van der Waals surface area contributed by atoms with Crippen molar-refractivity contribution in [3.8, 4) is 0 Å². The standard InChI is InChI=1S/C12H15N3O2/c16-9-10-1-3-15-4-2-11(13-12(10)15)14-5-7-17-8-6-14/h2,4,9H,1,3,5-8H2. The van der Waals surface area contributed by atoms with E-state index in [4.69, 9.17) is 4.74 Å². The van der Waals surface area contributed by atoms with Crippen LogP contribution in [0.2, 0.25) is 0 Å². The number of ether oxygens (including phenoxy) is 1. The van der Waals surface area contributed by atoms with Crippen LogP contribution in [0.4, 0.5) is 0 Å². The molecular weight excluding hydrogens is 218 g/mol. The predicted molar refractivity (Wildman–Crippen MR) is 63.4 cm³/mol. The Kier molecular flexibility index (Phi) is 2.68. The topological polar surface area (TPSA) is 45.1 Å². The fourth-order valence-corrected chi connectivity index (χ4v) is 2.31. The van der Waals surface area contributed by atoms with Crippen LogP contribution in [0.15, 0.2) is 28.7 Å². The molecule has 0 aromatic rings. The smallest absolute Gasteiger partial charge is 0.149 e. The first-order chi connectivity index (χ1) is 8.38. The lowest BCUT2D eigenvalue weighted by Gasteiger charge is -2.31. The van der Waals surface area contributed by atoms with Gasteiger partial charge in [0.25, 0.3) is 0 Å². The monoisotopic (exact) mass is 233 g/mol. The summed E-state index contributed by atoms with van der Waals surface area (Å²) in [5, 5.41) is 0. The van der Waals surface area contributed by atoms with E-state index in [1.165, 1.54) is 0 Å². The van der Waals surface area contributed by atoms with E-state index in [2.05, 4.69) is 9.89 Å². The van der Waals surface area contributed by atoms with E-state index in [-0.39, 0.29) is 0 Å². The minimum Gasteiger partial charge on any atom is -0.378 e. The number of fused-ring (bicyclic) bond motifs is 1. The van der Waals surface area contributed by atoms with Crippen LogP contribution in [0.3, 0.4) is 0 Å². The molecule has 0 spiro atoms. The molecule has 17 heavy (non-hydrogen) atoms. The molecule has 0 bridgehead atoms. The highest BCUT2D eigenvalue weighted by atomic mass is 16.5. The van der Waals surface area contributed by atoms with Gasteiger partial charge >= 0.3 is 0 Å². The number of rotatable bonds is 1. The third-order valence-electron chi connectivity index (χ3n) is 3.28. The number of amidine groups is 1. The number of morpholine rings is 1. The summed E-state index contributed by atoms with van der Waals surface area (Å²) in [4.78, 5) is 19.8. The van der Waals surface area contributed by atoms with Gasteiger partial charge in [0, 0.05) is 31.4 Å². The van der Waals surface area contributed by atoms with Crippen molar-refractivity contribution in [2.75, 3.05) is 32.8 Å². The lowest BCUT2D eigenvalue weighted by Crippen LogP contribution is -2.41. The van der Waals surface area contributed by atoms with Crippen molar-refractivity contribution in [3.63, 3.8) is 0 Å². The first-order valence-corrected chi connectivity index (χ1v) is 5.93. The minimum absolute atomic E-state index is 0.746. The maximum absolute atomic E-state index is 10.9. The molecule has 5 heteroatoms. The maximum atomic E-state index is 10.9. The maximum Gasteiger partial charge on any atom is 0.149 e. The van der Waals surface area contributed by atoms with Gasteiger partial charge in [-0.05, 0) is 12.5 Å². The molecule has 0 aromatic heterocycles. The Morgan fingerprint density at radius 2 is 2.12 bits per heavy atom. The van der Waals surface area contributed by atoms with Gasteiger partial charge in [0.05, 0.1) is 13.2 Å². The largest absolute Gasteiger partial charge is 0.378 e. The molecular formula is C12H15N3O2. The molecule has 0 amide bonds. The Morgan fingerprint density at radius 1 is 1.29 bits per heavy atom. The number of nitrogens with zero attached hydrogens (tertiary/aromatic N) is 3. The molecule has 0 saturated carbocycles. The zero-order chi connectivity index (χ0) is 11.7. The number of hydrogen-bond acceptors (Lipinski definition) is 5. The summed E-state index contributed by atoms with van der Waals surface area (Å²) in [6.45, 7) is 4.09. The quantitative estimate of drug-likeness (QED) is 0.613. The van der Waals surface area contributed by atoms with Crippen LogP contribution in [-0.2, 0) is 9.53 Å². The predicted octanol–water partition coefficient (Wildman–Crippen LogP) is 0.361.